The number of aromatic nitrogens is 2. The summed E-state index contributed by atoms with van der Waals surface area (Å²) < 4.78 is 15.7. The molecule has 16 heavy (non-hydrogen) atoms. The number of hydrogen-bond donors (Lipinski definition) is 1. The quantitative estimate of drug-likeness (QED) is 0.921. The Bertz CT molecular complexity index is 522. The normalized spacial score (nSPS) is 10.7. The standard InChI is InChI=1S/C11H11BrFN3/c1-7-2-3-8(4-10(7)13)6-16-11(14)9(12)5-15-16/h2-5H,6,14H2,1H3. The Morgan fingerprint density at radius 3 is 2.81 bits per heavy atom. The molecule has 0 radical (unpaired) electrons. The molecule has 0 saturated carbocycles. The molecule has 0 unspecified atom stereocenters. The van der Waals surface area contributed by atoms with E-state index >= 15 is 0 Å². The fourth-order valence-corrected chi connectivity index (χ4v) is 1.70. The van der Waals surface area contributed by atoms with Gasteiger partial charge >= 0.3 is 0 Å². The van der Waals surface area contributed by atoms with Crippen molar-refractivity contribution >= 4 is 21.7 Å². The van der Waals surface area contributed by atoms with Crippen molar-refractivity contribution in [1.29, 1.82) is 0 Å². The molecule has 0 aliphatic heterocycles. The minimum atomic E-state index is -0.206. The molecule has 3 nitrogen and oxygen atoms in total. The van der Waals surface area contributed by atoms with E-state index in [1.807, 2.05) is 6.07 Å². The maximum Gasteiger partial charge on any atom is 0.136 e. The van der Waals surface area contributed by atoms with Gasteiger partial charge in [0, 0.05) is 0 Å². The van der Waals surface area contributed by atoms with Gasteiger partial charge in [-0.1, -0.05) is 12.1 Å². The van der Waals surface area contributed by atoms with Gasteiger partial charge in [0.25, 0.3) is 0 Å². The van der Waals surface area contributed by atoms with E-state index in [-0.39, 0.29) is 5.82 Å². The lowest BCUT2D eigenvalue weighted by Crippen LogP contribution is -2.06. The molecule has 0 bridgehead atoms. The van der Waals surface area contributed by atoms with Crippen molar-refractivity contribution in [1.82, 2.24) is 9.78 Å². The van der Waals surface area contributed by atoms with E-state index in [1.165, 1.54) is 6.07 Å². The third-order valence-corrected chi connectivity index (χ3v) is 3.01. The summed E-state index contributed by atoms with van der Waals surface area (Å²) >= 11 is 3.27. The summed E-state index contributed by atoms with van der Waals surface area (Å²) in [4.78, 5) is 0. The Morgan fingerprint density at radius 1 is 1.50 bits per heavy atom. The van der Waals surface area contributed by atoms with Crippen molar-refractivity contribution < 1.29 is 4.39 Å². The van der Waals surface area contributed by atoms with Gasteiger partial charge in [-0.25, -0.2) is 9.07 Å². The van der Waals surface area contributed by atoms with Gasteiger partial charge in [-0.05, 0) is 40.0 Å². The van der Waals surface area contributed by atoms with Gasteiger partial charge < -0.3 is 5.73 Å². The van der Waals surface area contributed by atoms with E-state index in [9.17, 15) is 4.39 Å². The van der Waals surface area contributed by atoms with Crippen LogP contribution in [0.25, 0.3) is 0 Å². The van der Waals surface area contributed by atoms with Crippen LogP contribution in [0.5, 0.6) is 0 Å². The number of anilines is 1. The van der Waals surface area contributed by atoms with Crippen LogP contribution >= 0.6 is 15.9 Å². The highest BCUT2D eigenvalue weighted by atomic mass is 79.9. The molecule has 2 N–H and O–H groups in total. The van der Waals surface area contributed by atoms with Crippen molar-refractivity contribution in [3.8, 4) is 0 Å². The molecular formula is C11H11BrFN3. The zero-order valence-corrected chi connectivity index (χ0v) is 10.3. The van der Waals surface area contributed by atoms with Crippen molar-refractivity contribution in [3.05, 3.63) is 45.8 Å². The second-order valence-corrected chi connectivity index (χ2v) is 4.47. The van der Waals surface area contributed by atoms with Gasteiger partial charge in [0.2, 0.25) is 0 Å². The average molecular weight is 284 g/mol. The van der Waals surface area contributed by atoms with Gasteiger partial charge in [0.1, 0.15) is 11.6 Å². The Morgan fingerprint density at radius 2 is 2.25 bits per heavy atom. The zero-order valence-electron chi connectivity index (χ0n) is 8.74. The summed E-state index contributed by atoms with van der Waals surface area (Å²) in [5, 5.41) is 4.09. The van der Waals surface area contributed by atoms with E-state index in [1.54, 1.807) is 23.9 Å². The molecule has 0 aliphatic rings. The van der Waals surface area contributed by atoms with Crippen molar-refractivity contribution in [2.45, 2.75) is 13.5 Å². The number of rotatable bonds is 2. The number of nitrogen functional groups attached to an aromatic ring is 1. The lowest BCUT2D eigenvalue weighted by Gasteiger charge is -2.05. The van der Waals surface area contributed by atoms with Crippen LogP contribution in [0.2, 0.25) is 0 Å². The molecule has 0 spiro atoms. The predicted octanol–water partition coefficient (Wildman–Crippen LogP) is 2.72. The number of nitrogens with two attached hydrogens (primary N) is 1. The number of nitrogens with zero attached hydrogens (tertiary/aromatic N) is 2. The van der Waals surface area contributed by atoms with Crippen molar-refractivity contribution in [2.75, 3.05) is 5.73 Å². The van der Waals surface area contributed by atoms with E-state index in [2.05, 4.69) is 21.0 Å². The molecule has 2 aromatic rings. The zero-order chi connectivity index (χ0) is 11.7. The van der Waals surface area contributed by atoms with Gasteiger partial charge in [0.15, 0.2) is 0 Å². The Hall–Kier alpha value is -1.36. The molecule has 1 aromatic carbocycles. The minimum absolute atomic E-state index is 0.206. The summed E-state index contributed by atoms with van der Waals surface area (Å²) in [5.41, 5.74) is 7.25. The largest absolute Gasteiger partial charge is 0.383 e. The fourth-order valence-electron chi connectivity index (χ4n) is 1.41. The van der Waals surface area contributed by atoms with E-state index < -0.39 is 0 Å². The highest BCUT2D eigenvalue weighted by Crippen LogP contribution is 2.19. The molecule has 5 heteroatoms. The third-order valence-electron chi connectivity index (χ3n) is 2.40. The number of aryl methyl sites for hydroxylation is 1. The lowest BCUT2D eigenvalue weighted by atomic mass is 10.1. The highest BCUT2D eigenvalue weighted by molar-refractivity contribution is 9.10. The lowest BCUT2D eigenvalue weighted by molar-refractivity contribution is 0.611. The topological polar surface area (TPSA) is 43.8 Å². The maximum absolute atomic E-state index is 13.3. The summed E-state index contributed by atoms with van der Waals surface area (Å²) in [6.45, 7) is 2.20. The Labute approximate surface area is 101 Å². The molecule has 2 rings (SSSR count). The van der Waals surface area contributed by atoms with Gasteiger partial charge in [-0.3, -0.25) is 0 Å². The van der Waals surface area contributed by atoms with Gasteiger partial charge in [0.05, 0.1) is 17.2 Å². The average Bonchev–Trinajstić information content (AvgIpc) is 2.55. The number of hydrogen-bond acceptors (Lipinski definition) is 2. The maximum atomic E-state index is 13.3. The molecule has 84 valence electrons. The van der Waals surface area contributed by atoms with Gasteiger partial charge in [-0.2, -0.15) is 5.10 Å². The molecule has 0 amide bonds. The van der Waals surface area contributed by atoms with Crippen LogP contribution in [0.4, 0.5) is 10.2 Å². The molecular weight excluding hydrogens is 273 g/mol. The minimum Gasteiger partial charge on any atom is -0.383 e. The summed E-state index contributed by atoms with van der Waals surface area (Å²) in [7, 11) is 0. The summed E-state index contributed by atoms with van der Waals surface area (Å²) in [6.07, 6.45) is 1.62. The number of halogens is 2. The molecule has 0 saturated heterocycles. The first-order valence-electron chi connectivity index (χ1n) is 4.79. The van der Waals surface area contributed by atoms with Crippen LogP contribution in [0.15, 0.2) is 28.9 Å². The first-order chi connectivity index (χ1) is 7.58. The van der Waals surface area contributed by atoms with Crippen LogP contribution < -0.4 is 5.73 Å². The molecule has 0 fully saturated rings. The van der Waals surface area contributed by atoms with Crippen LogP contribution in [0, 0.1) is 12.7 Å². The highest BCUT2D eigenvalue weighted by Gasteiger charge is 2.06. The predicted molar refractivity (Wildman–Crippen MR) is 64.6 cm³/mol. The first-order valence-corrected chi connectivity index (χ1v) is 5.59. The van der Waals surface area contributed by atoms with Crippen molar-refractivity contribution in [3.63, 3.8) is 0 Å². The van der Waals surface area contributed by atoms with Crippen LogP contribution in [-0.2, 0) is 6.54 Å². The van der Waals surface area contributed by atoms with Crippen LogP contribution in [0.3, 0.4) is 0 Å². The third kappa shape index (κ3) is 2.09. The van der Waals surface area contributed by atoms with Gasteiger partial charge in [-0.15, -0.1) is 0 Å². The van der Waals surface area contributed by atoms with Crippen LogP contribution in [-0.4, -0.2) is 9.78 Å². The molecule has 0 aliphatic carbocycles. The summed E-state index contributed by atoms with van der Waals surface area (Å²) in [6, 6.07) is 5.12. The summed E-state index contributed by atoms with van der Waals surface area (Å²) in [5.74, 6) is 0.336. The smallest absolute Gasteiger partial charge is 0.136 e. The van der Waals surface area contributed by atoms with Crippen LogP contribution in [0.1, 0.15) is 11.1 Å². The molecule has 0 atom stereocenters. The molecule has 1 aromatic heterocycles. The monoisotopic (exact) mass is 283 g/mol. The Kier molecular flexibility index (Phi) is 2.96. The van der Waals surface area contributed by atoms with E-state index in [4.69, 9.17) is 5.73 Å². The number of benzene rings is 1. The second kappa shape index (κ2) is 4.25. The second-order valence-electron chi connectivity index (χ2n) is 3.62. The van der Waals surface area contributed by atoms with E-state index in [0.717, 1.165) is 10.0 Å². The first kappa shape index (κ1) is 11.1. The Balaban J connectivity index is 2.27. The fraction of sp³-hybridized carbons (Fsp3) is 0.182. The van der Waals surface area contributed by atoms with Crippen molar-refractivity contribution in [2.24, 2.45) is 0 Å². The SMILES string of the molecule is Cc1ccc(Cn2ncc(Br)c2N)cc1F. The molecule has 1 heterocycles. The van der Waals surface area contributed by atoms with E-state index in [0.29, 0.717) is 17.9 Å².